The topological polar surface area (TPSA) is 80.7 Å². The molecule has 14 heavy (non-hydrogen) atoms. The van der Waals surface area contributed by atoms with Crippen LogP contribution >= 0.6 is 0 Å². The molecule has 0 aliphatic rings. The molecule has 0 aromatic rings. The standard InChI is InChI=1S/C5H7F3O5S/c1-3(14(10,11)12)4(9)13-2-5(6,7)8/h3H,2H2,1H3,(H,10,11,12). The van der Waals surface area contributed by atoms with Gasteiger partial charge in [-0.1, -0.05) is 0 Å². The minimum absolute atomic E-state index is 0.716. The van der Waals surface area contributed by atoms with E-state index in [2.05, 4.69) is 4.74 Å². The van der Waals surface area contributed by atoms with E-state index in [1.165, 1.54) is 0 Å². The maximum atomic E-state index is 11.5. The van der Waals surface area contributed by atoms with Crippen molar-refractivity contribution >= 4 is 16.1 Å². The van der Waals surface area contributed by atoms with Gasteiger partial charge in [0, 0.05) is 0 Å². The Kier molecular flexibility index (Phi) is 3.89. The SMILES string of the molecule is CC(C(=O)OCC(F)(F)F)S(=O)(=O)O. The number of halogens is 3. The van der Waals surface area contributed by atoms with Crippen LogP contribution in [0.4, 0.5) is 13.2 Å². The second kappa shape index (κ2) is 4.13. The Labute approximate surface area is 77.6 Å². The zero-order valence-corrected chi connectivity index (χ0v) is 7.72. The largest absolute Gasteiger partial charge is 0.455 e. The molecule has 0 aliphatic heterocycles. The van der Waals surface area contributed by atoms with Crippen molar-refractivity contribution in [1.29, 1.82) is 0 Å². The van der Waals surface area contributed by atoms with Crippen molar-refractivity contribution in [1.82, 2.24) is 0 Å². The summed E-state index contributed by atoms with van der Waals surface area (Å²) in [5.74, 6) is -1.65. The number of hydrogen-bond acceptors (Lipinski definition) is 4. The van der Waals surface area contributed by atoms with Gasteiger partial charge in [0.1, 0.15) is 0 Å². The highest BCUT2D eigenvalue weighted by molar-refractivity contribution is 7.87. The Morgan fingerprint density at radius 3 is 2.21 bits per heavy atom. The highest BCUT2D eigenvalue weighted by Gasteiger charge is 2.33. The van der Waals surface area contributed by atoms with Crippen LogP contribution in [0, 0.1) is 0 Å². The van der Waals surface area contributed by atoms with E-state index in [0.717, 1.165) is 0 Å². The minimum atomic E-state index is -4.73. The lowest BCUT2D eigenvalue weighted by atomic mass is 10.5. The summed E-state index contributed by atoms with van der Waals surface area (Å²) in [5.41, 5.74) is 0. The Morgan fingerprint density at radius 2 is 1.93 bits per heavy atom. The smallest absolute Gasteiger partial charge is 0.422 e. The van der Waals surface area contributed by atoms with Gasteiger partial charge >= 0.3 is 12.1 Å². The fourth-order valence-electron chi connectivity index (χ4n) is 0.392. The molecular formula is C5H7F3O5S. The van der Waals surface area contributed by atoms with Crippen LogP contribution < -0.4 is 0 Å². The Hall–Kier alpha value is -0.830. The van der Waals surface area contributed by atoms with Crippen LogP contribution in [0.5, 0.6) is 0 Å². The summed E-state index contributed by atoms with van der Waals surface area (Å²) in [6.07, 6.45) is -4.73. The zero-order chi connectivity index (χ0) is 11.6. The normalized spacial score (nSPS) is 14.9. The lowest BCUT2D eigenvalue weighted by Gasteiger charge is -2.10. The summed E-state index contributed by atoms with van der Waals surface area (Å²) in [6.45, 7) is -1.17. The third-order valence-corrected chi connectivity index (χ3v) is 2.24. The lowest BCUT2D eigenvalue weighted by molar-refractivity contribution is -0.185. The summed E-state index contributed by atoms with van der Waals surface area (Å²) in [4.78, 5) is 10.6. The van der Waals surface area contributed by atoms with Crippen LogP contribution in [0.3, 0.4) is 0 Å². The van der Waals surface area contributed by atoms with E-state index in [-0.39, 0.29) is 0 Å². The summed E-state index contributed by atoms with van der Waals surface area (Å²) in [5, 5.41) is -2.02. The number of ether oxygens (including phenoxy) is 1. The van der Waals surface area contributed by atoms with Crippen molar-refractivity contribution in [2.45, 2.75) is 18.3 Å². The lowest BCUT2D eigenvalue weighted by Crippen LogP contribution is -2.31. The second-order valence-corrected chi connectivity index (χ2v) is 4.12. The molecule has 0 amide bonds. The third-order valence-electron chi connectivity index (χ3n) is 1.16. The molecule has 0 rings (SSSR count). The average Bonchev–Trinajstić information content (AvgIpc) is 1.95. The van der Waals surface area contributed by atoms with Crippen molar-refractivity contribution in [3.8, 4) is 0 Å². The van der Waals surface area contributed by atoms with Gasteiger partial charge in [0.15, 0.2) is 11.9 Å². The summed E-state index contributed by atoms with van der Waals surface area (Å²) < 4.78 is 66.9. The van der Waals surface area contributed by atoms with Crippen LogP contribution in [0.25, 0.3) is 0 Å². The molecule has 0 saturated heterocycles. The van der Waals surface area contributed by atoms with E-state index >= 15 is 0 Å². The highest BCUT2D eigenvalue weighted by atomic mass is 32.2. The number of hydrogen-bond donors (Lipinski definition) is 1. The molecule has 0 aromatic heterocycles. The first kappa shape index (κ1) is 13.2. The molecule has 0 heterocycles. The Morgan fingerprint density at radius 1 is 1.50 bits per heavy atom. The summed E-state index contributed by atoms with van der Waals surface area (Å²) in [7, 11) is -4.71. The molecule has 84 valence electrons. The predicted octanol–water partition coefficient (Wildman–Crippen LogP) is 0.368. The van der Waals surface area contributed by atoms with Gasteiger partial charge in [-0.05, 0) is 6.92 Å². The maximum Gasteiger partial charge on any atom is 0.422 e. The Balaban J connectivity index is 4.25. The first-order valence-corrected chi connectivity index (χ1v) is 4.74. The van der Waals surface area contributed by atoms with Gasteiger partial charge in [-0.25, -0.2) is 0 Å². The van der Waals surface area contributed by atoms with Gasteiger partial charge < -0.3 is 4.74 Å². The molecule has 0 radical (unpaired) electrons. The van der Waals surface area contributed by atoms with Gasteiger partial charge in [-0.2, -0.15) is 21.6 Å². The number of carbonyl (C=O) groups is 1. The molecule has 1 atom stereocenters. The van der Waals surface area contributed by atoms with Crippen molar-refractivity contribution in [3.63, 3.8) is 0 Å². The van der Waals surface area contributed by atoms with Crippen LogP contribution in [0.15, 0.2) is 0 Å². The highest BCUT2D eigenvalue weighted by Crippen LogP contribution is 2.15. The van der Waals surface area contributed by atoms with Crippen molar-refractivity contribution in [3.05, 3.63) is 0 Å². The van der Waals surface area contributed by atoms with E-state index in [4.69, 9.17) is 4.55 Å². The monoisotopic (exact) mass is 236 g/mol. The number of esters is 1. The molecule has 0 aliphatic carbocycles. The van der Waals surface area contributed by atoms with Crippen LogP contribution in [0.1, 0.15) is 6.92 Å². The molecule has 1 unspecified atom stereocenters. The maximum absolute atomic E-state index is 11.5. The molecule has 5 nitrogen and oxygen atoms in total. The van der Waals surface area contributed by atoms with Gasteiger partial charge in [0.25, 0.3) is 10.1 Å². The number of rotatable bonds is 3. The van der Waals surface area contributed by atoms with Gasteiger partial charge in [-0.15, -0.1) is 0 Å². The first-order valence-electron chi connectivity index (χ1n) is 3.24. The van der Waals surface area contributed by atoms with Crippen LogP contribution in [-0.2, 0) is 19.6 Å². The van der Waals surface area contributed by atoms with Gasteiger partial charge in [0.05, 0.1) is 0 Å². The molecule has 0 saturated carbocycles. The number of alkyl halides is 3. The van der Waals surface area contributed by atoms with Crippen molar-refractivity contribution in [2.75, 3.05) is 6.61 Å². The van der Waals surface area contributed by atoms with Crippen molar-refractivity contribution < 1.29 is 35.7 Å². The van der Waals surface area contributed by atoms with Gasteiger partial charge in [-0.3, -0.25) is 9.35 Å². The summed E-state index contributed by atoms with van der Waals surface area (Å²) >= 11 is 0. The number of carbonyl (C=O) groups excluding carboxylic acids is 1. The van der Waals surface area contributed by atoms with E-state index in [9.17, 15) is 26.4 Å². The van der Waals surface area contributed by atoms with E-state index in [1.807, 2.05) is 0 Å². The van der Waals surface area contributed by atoms with Gasteiger partial charge in [0.2, 0.25) is 0 Å². The predicted molar refractivity (Wildman–Crippen MR) is 38.0 cm³/mol. The Bertz CT molecular complexity index is 306. The van der Waals surface area contributed by atoms with Crippen LogP contribution in [-0.4, -0.2) is 37.0 Å². The molecule has 1 N–H and O–H groups in total. The fourth-order valence-corrected chi connectivity index (χ4v) is 0.703. The zero-order valence-electron chi connectivity index (χ0n) is 6.91. The third kappa shape index (κ3) is 5.02. The van der Waals surface area contributed by atoms with E-state index < -0.39 is 34.1 Å². The minimum Gasteiger partial charge on any atom is -0.455 e. The second-order valence-electron chi connectivity index (χ2n) is 2.38. The molecule has 0 fully saturated rings. The van der Waals surface area contributed by atoms with E-state index in [1.54, 1.807) is 0 Å². The molecule has 9 heteroatoms. The molecule has 0 bridgehead atoms. The fraction of sp³-hybridized carbons (Fsp3) is 0.800. The van der Waals surface area contributed by atoms with Crippen LogP contribution in [0.2, 0.25) is 0 Å². The van der Waals surface area contributed by atoms with E-state index in [0.29, 0.717) is 6.92 Å². The average molecular weight is 236 g/mol. The molecule has 0 aromatic carbocycles. The first-order chi connectivity index (χ1) is 6.04. The molecule has 0 spiro atoms. The van der Waals surface area contributed by atoms with Crippen molar-refractivity contribution in [2.24, 2.45) is 0 Å². The summed E-state index contributed by atoms with van der Waals surface area (Å²) in [6, 6.07) is 0. The quantitative estimate of drug-likeness (QED) is 0.565. The molecular weight excluding hydrogens is 229 g/mol.